The van der Waals surface area contributed by atoms with Gasteiger partial charge in [0.05, 0.1) is 0 Å². The molecule has 1 atom stereocenters. The van der Waals surface area contributed by atoms with Crippen LogP contribution < -0.4 is 5.32 Å². The molecule has 0 amide bonds. The molecule has 21 heavy (non-hydrogen) atoms. The van der Waals surface area contributed by atoms with Gasteiger partial charge in [-0.1, -0.05) is 38.3 Å². The molecule has 1 spiro atoms. The van der Waals surface area contributed by atoms with Crippen molar-refractivity contribution < 1.29 is 4.39 Å². The van der Waals surface area contributed by atoms with E-state index in [9.17, 15) is 4.39 Å². The fraction of sp³-hybridized carbons (Fsp3) is 0.667. The van der Waals surface area contributed by atoms with Gasteiger partial charge < -0.3 is 5.32 Å². The number of nitrogens with one attached hydrogen (secondary N) is 1. The molecule has 1 aromatic carbocycles. The van der Waals surface area contributed by atoms with Crippen LogP contribution in [0.15, 0.2) is 24.3 Å². The summed E-state index contributed by atoms with van der Waals surface area (Å²) in [5.74, 6) is -0.118. The molecule has 1 heterocycles. The highest BCUT2D eigenvalue weighted by Crippen LogP contribution is 2.36. The molecule has 1 aromatic rings. The fourth-order valence-electron chi connectivity index (χ4n) is 4.03. The van der Waals surface area contributed by atoms with Gasteiger partial charge in [-0.25, -0.2) is 4.39 Å². The van der Waals surface area contributed by atoms with Crippen molar-refractivity contribution in [1.29, 1.82) is 0 Å². The molecule has 3 rings (SSSR count). The van der Waals surface area contributed by atoms with Gasteiger partial charge in [-0.05, 0) is 37.0 Å². The van der Waals surface area contributed by atoms with Gasteiger partial charge >= 0.3 is 0 Å². The van der Waals surface area contributed by atoms with E-state index in [4.69, 9.17) is 0 Å². The molecule has 2 nitrogen and oxygen atoms in total. The molecule has 0 bridgehead atoms. The van der Waals surface area contributed by atoms with E-state index in [2.05, 4.69) is 23.2 Å². The Morgan fingerprint density at radius 2 is 2.10 bits per heavy atom. The van der Waals surface area contributed by atoms with Gasteiger partial charge in [0.1, 0.15) is 5.82 Å². The second-order valence-corrected chi connectivity index (χ2v) is 6.78. The van der Waals surface area contributed by atoms with Gasteiger partial charge in [-0.2, -0.15) is 0 Å². The summed E-state index contributed by atoms with van der Waals surface area (Å²) < 4.78 is 13.5. The lowest BCUT2D eigenvalue weighted by Gasteiger charge is -2.52. The quantitative estimate of drug-likeness (QED) is 0.913. The first-order chi connectivity index (χ1) is 10.2. The topological polar surface area (TPSA) is 15.3 Å². The lowest BCUT2D eigenvalue weighted by molar-refractivity contribution is 0.00268. The van der Waals surface area contributed by atoms with Crippen LogP contribution in [0.25, 0.3) is 0 Å². The molecule has 1 aliphatic heterocycles. The van der Waals surface area contributed by atoms with E-state index < -0.39 is 0 Å². The van der Waals surface area contributed by atoms with Crippen molar-refractivity contribution >= 4 is 0 Å². The Morgan fingerprint density at radius 1 is 1.29 bits per heavy atom. The number of piperazine rings is 1. The van der Waals surface area contributed by atoms with Crippen LogP contribution in [0.1, 0.15) is 51.0 Å². The minimum Gasteiger partial charge on any atom is -0.311 e. The average Bonchev–Trinajstić information content (AvgIpc) is 2.51. The zero-order chi connectivity index (χ0) is 14.7. The standard InChI is InChI=1S/C18H27FN2/c1-2-17-13-21(12-15-7-6-8-16(19)11-15)18(14-20-17)9-4-3-5-10-18/h6-8,11,17,20H,2-5,9-10,12-14H2,1H3. The highest BCUT2D eigenvalue weighted by Gasteiger charge is 2.41. The third kappa shape index (κ3) is 3.29. The molecule has 1 unspecified atom stereocenters. The maximum atomic E-state index is 13.5. The predicted molar refractivity (Wildman–Crippen MR) is 84.7 cm³/mol. The summed E-state index contributed by atoms with van der Waals surface area (Å²) in [5.41, 5.74) is 1.41. The lowest BCUT2D eigenvalue weighted by Crippen LogP contribution is -2.64. The first-order valence-corrected chi connectivity index (χ1v) is 8.45. The van der Waals surface area contributed by atoms with Crippen LogP contribution in [0, 0.1) is 5.82 Å². The Labute approximate surface area is 127 Å². The molecule has 1 aliphatic carbocycles. The number of hydrogen-bond acceptors (Lipinski definition) is 2. The van der Waals surface area contributed by atoms with E-state index in [0.717, 1.165) is 31.6 Å². The third-order valence-electron chi connectivity index (χ3n) is 5.37. The monoisotopic (exact) mass is 290 g/mol. The fourth-order valence-corrected chi connectivity index (χ4v) is 4.03. The molecule has 1 N–H and O–H groups in total. The Bertz CT molecular complexity index is 468. The number of benzene rings is 1. The van der Waals surface area contributed by atoms with E-state index in [1.54, 1.807) is 6.07 Å². The third-order valence-corrected chi connectivity index (χ3v) is 5.37. The molecule has 0 radical (unpaired) electrons. The highest BCUT2D eigenvalue weighted by molar-refractivity contribution is 5.17. The molecule has 116 valence electrons. The Morgan fingerprint density at radius 3 is 2.81 bits per heavy atom. The highest BCUT2D eigenvalue weighted by atomic mass is 19.1. The van der Waals surface area contributed by atoms with Crippen LogP contribution in [-0.4, -0.2) is 29.6 Å². The SMILES string of the molecule is CCC1CN(Cc2cccc(F)c2)C2(CCCCC2)CN1. The second-order valence-electron chi connectivity index (χ2n) is 6.78. The maximum absolute atomic E-state index is 13.5. The number of hydrogen-bond donors (Lipinski definition) is 1. The molecular formula is C18H27FN2. The molecule has 3 heteroatoms. The molecule has 1 saturated carbocycles. The summed E-state index contributed by atoms with van der Waals surface area (Å²) in [6.07, 6.45) is 7.76. The minimum atomic E-state index is -0.118. The largest absolute Gasteiger partial charge is 0.311 e. The smallest absolute Gasteiger partial charge is 0.123 e. The Balaban J connectivity index is 1.79. The van der Waals surface area contributed by atoms with E-state index in [1.807, 2.05) is 6.07 Å². The van der Waals surface area contributed by atoms with Gasteiger partial charge in [0.15, 0.2) is 0 Å². The first-order valence-electron chi connectivity index (χ1n) is 8.45. The summed E-state index contributed by atoms with van der Waals surface area (Å²) in [5, 5.41) is 3.74. The Kier molecular flexibility index (Phi) is 4.60. The van der Waals surface area contributed by atoms with E-state index >= 15 is 0 Å². The van der Waals surface area contributed by atoms with E-state index in [-0.39, 0.29) is 5.82 Å². The van der Waals surface area contributed by atoms with Gasteiger partial charge in [0.25, 0.3) is 0 Å². The van der Waals surface area contributed by atoms with Crippen LogP contribution in [0.2, 0.25) is 0 Å². The average molecular weight is 290 g/mol. The summed E-state index contributed by atoms with van der Waals surface area (Å²) in [6, 6.07) is 7.69. The van der Waals surface area contributed by atoms with Crippen LogP contribution in [0.5, 0.6) is 0 Å². The van der Waals surface area contributed by atoms with Crippen molar-refractivity contribution in [3.05, 3.63) is 35.6 Å². The van der Waals surface area contributed by atoms with Crippen molar-refractivity contribution in [3.63, 3.8) is 0 Å². The summed E-state index contributed by atoms with van der Waals surface area (Å²) >= 11 is 0. The zero-order valence-electron chi connectivity index (χ0n) is 13.1. The van der Waals surface area contributed by atoms with Crippen molar-refractivity contribution in [2.45, 2.75) is 63.6 Å². The van der Waals surface area contributed by atoms with Crippen LogP contribution >= 0.6 is 0 Å². The van der Waals surface area contributed by atoms with Gasteiger partial charge in [-0.15, -0.1) is 0 Å². The van der Waals surface area contributed by atoms with Crippen molar-refractivity contribution in [2.75, 3.05) is 13.1 Å². The lowest BCUT2D eigenvalue weighted by atomic mass is 9.78. The van der Waals surface area contributed by atoms with Crippen LogP contribution in [-0.2, 0) is 6.54 Å². The molecule has 1 saturated heterocycles. The summed E-state index contributed by atoms with van der Waals surface area (Å²) in [6.45, 7) is 5.32. The van der Waals surface area contributed by atoms with Crippen molar-refractivity contribution in [2.24, 2.45) is 0 Å². The van der Waals surface area contributed by atoms with Gasteiger partial charge in [0.2, 0.25) is 0 Å². The Hall–Kier alpha value is -0.930. The normalized spacial score (nSPS) is 26.1. The number of rotatable bonds is 3. The van der Waals surface area contributed by atoms with Gasteiger partial charge in [0, 0.05) is 31.2 Å². The van der Waals surface area contributed by atoms with Crippen LogP contribution in [0.3, 0.4) is 0 Å². The van der Waals surface area contributed by atoms with Crippen LogP contribution in [0.4, 0.5) is 4.39 Å². The van der Waals surface area contributed by atoms with E-state index in [1.165, 1.54) is 38.2 Å². The maximum Gasteiger partial charge on any atom is 0.123 e. The van der Waals surface area contributed by atoms with E-state index in [0.29, 0.717) is 11.6 Å². The van der Waals surface area contributed by atoms with Crippen molar-refractivity contribution in [3.8, 4) is 0 Å². The van der Waals surface area contributed by atoms with Gasteiger partial charge in [-0.3, -0.25) is 4.90 Å². The summed E-state index contributed by atoms with van der Waals surface area (Å²) in [4.78, 5) is 2.64. The van der Waals surface area contributed by atoms with Crippen molar-refractivity contribution in [1.82, 2.24) is 10.2 Å². The zero-order valence-corrected chi connectivity index (χ0v) is 13.1. The number of halogens is 1. The predicted octanol–water partition coefficient (Wildman–Crippen LogP) is 3.71. The molecule has 2 fully saturated rings. The number of nitrogens with zero attached hydrogens (tertiary/aromatic N) is 1. The molecule has 2 aliphatic rings. The second kappa shape index (κ2) is 6.45. The molecule has 0 aromatic heterocycles. The molecular weight excluding hydrogens is 263 g/mol. The first kappa shape index (κ1) is 15.0. The summed E-state index contributed by atoms with van der Waals surface area (Å²) in [7, 11) is 0. The minimum absolute atomic E-state index is 0.118.